The molecule has 0 radical (unpaired) electrons. The number of hydrogen-bond donors (Lipinski definition) is 0. The van der Waals surface area contributed by atoms with E-state index in [0.29, 0.717) is 31.5 Å². The number of rotatable bonds is 2. The Morgan fingerprint density at radius 1 is 0.737 bits per heavy atom. The maximum Gasteiger partial charge on any atom is 0.112 e. The fourth-order valence-corrected chi connectivity index (χ4v) is 2.32. The molecule has 0 saturated heterocycles. The fraction of sp³-hybridized carbons (Fsp3) is 0. The van der Waals surface area contributed by atoms with Crippen molar-refractivity contribution < 1.29 is 0 Å². The summed E-state index contributed by atoms with van der Waals surface area (Å²) in [6.45, 7) is 0. The van der Waals surface area contributed by atoms with Gasteiger partial charge in [0.25, 0.3) is 0 Å². The average Bonchev–Trinajstić information content (AvgIpc) is 2.34. The summed E-state index contributed by atoms with van der Waals surface area (Å²) in [7, 11) is 0. The number of hydrogen-bond acceptors (Lipinski definition) is 2. The molecule has 0 heterocycles. The highest BCUT2D eigenvalue weighted by atomic mass is 35.5. The molecule has 2 nitrogen and oxygen atoms in total. The van der Waals surface area contributed by atoms with E-state index in [9.17, 15) is 0 Å². The molecule has 0 aliphatic heterocycles. The highest BCUT2D eigenvalue weighted by molar-refractivity contribution is 6.41. The molecule has 2 aromatic carbocycles. The molecule has 0 bridgehead atoms. The maximum absolute atomic E-state index is 5.98. The van der Waals surface area contributed by atoms with Crippen LogP contribution in [-0.2, 0) is 0 Å². The molecule has 0 amide bonds. The minimum atomic E-state index is 0.344. The van der Waals surface area contributed by atoms with Crippen molar-refractivity contribution in [3.63, 3.8) is 0 Å². The van der Waals surface area contributed by atoms with Crippen LogP contribution in [0.15, 0.2) is 46.4 Å². The molecule has 0 N–H and O–H groups in total. The molecular weight excluding hydrogens is 326 g/mol. The third-order valence-corrected chi connectivity index (χ3v) is 3.20. The van der Waals surface area contributed by atoms with Gasteiger partial charge in [-0.3, -0.25) is 0 Å². The van der Waals surface area contributed by atoms with Crippen LogP contribution in [0.25, 0.3) is 0 Å². The van der Waals surface area contributed by atoms with Gasteiger partial charge in [-0.1, -0.05) is 46.4 Å². The lowest BCUT2D eigenvalue weighted by Crippen LogP contribution is -1.73. The lowest BCUT2D eigenvalue weighted by Gasteiger charge is -1.99. The van der Waals surface area contributed by atoms with Crippen LogP contribution in [0.3, 0.4) is 0 Å². The lowest BCUT2D eigenvalue weighted by molar-refractivity contribution is 1.49. The summed E-state index contributed by atoms with van der Waals surface area (Å²) in [6, 6.07) is 12.6. The van der Waals surface area contributed by atoms with Gasteiger partial charge in [-0.25, -0.2) is 0 Å². The second-order valence-electron chi connectivity index (χ2n) is 3.52. The van der Waals surface area contributed by atoms with Crippen LogP contribution in [0.2, 0.25) is 20.1 Å². The molecule has 96 valence electrons. The Kier molecular flexibility index (Phi) is 4.87. The quantitative estimate of drug-likeness (QED) is 0.566. The standard InChI is InChI=1S/C13H6Cl4N2/c14-8-1-3-10(4-2-8)18-7-19-13-11(16)5-9(15)6-12(13)17/h1-6H. The monoisotopic (exact) mass is 330 g/mol. The molecule has 0 saturated carbocycles. The molecule has 0 aliphatic carbocycles. The summed E-state index contributed by atoms with van der Waals surface area (Å²) in [6.07, 6.45) is 0. The van der Waals surface area contributed by atoms with Gasteiger partial charge in [0.15, 0.2) is 0 Å². The van der Waals surface area contributed by atoms with Crippen molar-refractivity contribution in [1.82, 2.24) is 0 Å². The summed E-state index contributed by atoms with van der Waals surface area (Å²) in [5.41, 5.74) is 1.06. The van der Waals surface area contributed by atoms with Crippen molar-refractivity contribution in [2.24, 2.45) is 9.98 Å². The van der Waals surface area contributed by atoms with Gasteiger partial charge >= 0.3 is 0 Å². The summed E-state index contributed by atoms with van der Waals surface area (Å²) >= 11 is 23.5. The zero-order valence-corrected chi connectivity index (χ0v) is 12.4. The molecule has 2 rings (SSSR count). The van der Waals surface area contributed by atoms with Gasteiger partial charge in [-0.2, -0.15) is 9.98 Å². The Balaban J connectivity index is 2.30. The van der Waals surface area contributed by atoms with E-state index in [4.69, 9.17) is 46.4 Å². The number of aliphatic imine (C=N–C) groups is 2. The van der Waals surface area contributed by atoms with Crippen molar-refractivity contribution in [2.45, 2.75) is 0 Å². The van der Waals surface area contributed by atoms with E-state index in [2.05, 4.69) is 16.0 Å². The molecule has 0 aliphatic rings. The topological polar surface area (TPSA) is 24.7 Å². The first-order valence-corrected chi connectivity index (χ1v) is 6.64. The summed E-state index contributed by atoms with van der Waals surface area (Å²) < 4.78 is 0. The summed E-state index contributed by atoms with van der Waals surface area (Å²) in [4.78, 5) is 8.01. The normalized spacial score (nSPS) is 9.89. The highest BCUT2D eigenvalue weighted by Crippen LogP contribution is 2.35. The Labute approximate surface area is 130 Å². The van der Waals surface area contributed by atoms with Crippen LogP contribution >= 0.6 is 46.4 Å². The SMILES string of the molecule is Clc1ccc(N=C=Nc2c(Cl)cc(Cl)cc2Cl)cc1. The van der Waals surface area contributed by atoms with Crippen LogP contribution in [0, 0.1) is 0 Å². The Hall–Kier alpha value is -1.02. The molecule has 2 aromatic rings. The minimum Gasteiger partial charge on any atom is -0.188 e. The van der Waals surface area contributed by atoms with Crippen molar-refractivity contribution in [3.8, 4) is 0 Å². The first kappa shape index (κ1) is 14.4. The molecule has 0 fully saturated rings. The third-order valence-electron chi connectivity index (χ3n) is 2.15. The molecule has 6 heteroatoms. The zero-order valence-electron chi connectivity index (χ0n) is 9.37. The molecule has 0 atom stereocenters. The van der Waals surface area contributed by atoms with Gasteiger partial charge in [0.05, 0.1) is 15.7 Å². The molecular formula is C13H6Cl4N2. The molecule has 0 aromatic heterocycles. The fourth-order valence-electron chi connectivity index (χ4n) is 1.29. The van der Waals surface area contributed by atoms with E-state index in [1.165, 1.54) is 0 Å². The third kappa shape index (κ3) is 3.97. The van der Waals surface area contributed by atoms with Crippen LogP contribution in [0.4, 0.5) is 11.4 Å². The molecule has 0 unspecified atom stereocenters. The van der Waals surface area contributed by atoms with Crippen LogP contribution in [-0.4, -0.2) is 6.01 Å². The summed E-state index contributed by atoms with van der Waals surface area (Å²) in [5.74, 6) is 0. The Morgan fingerprint density at radius 2 is 1.32 bits per heavy atom. The lowest BCUT2D eigenvalue weighted by atomic mass is 10.3. The average molecular weight is 332 g/mol. The van der Waals surface area contributed by atoms with E-state index in [1.54, 1.807) is 36.4 Å². The van der Waals surface area contributed by atoms with Crippen molar-refractivity contribution in [2.75, 3.05) is 0 Å². The highest BCUT2D eigenvalue weighted by Gasteiger charge is 2.05. The zero-order chi connectivity index (χ0) is 13.8. The van der Waals surface area contributed by atoms with Crippen LogP contribution in [0.1, 0.15) is 0 Å². The van der Waals surface area contributed by atoms with Crippen molar-refractivity contribution in [3.05, 3.63) is 56.5 Å². The number of benzene rings is 2. The molecule has 0 spiro atoms. The Morgan fingerprint density at radius 3 is 1.89 bits per heavy atom. The van der Waals surface area contributed by atoms with Gasteiger partial charge in [0.1, 0.15) is 11.7 Å². The van der Waals surface area contributed by atoms with Crippen molar-refractivity contribution in [1.29, 1.82) is 0 Å². The predicted molar refractivity (Wildman–Crippen MR) is 82.1 cm³/mol. The van der Waals surface area contributed by atoms with E-state index < -0.39 is 0 Å². The van der Waals surface area contributed by atoms with Crippen LogP contribution in [0.5, 0.6) is 0 Å². The van der Waals surface area contributed by atoms with E-state index in [1.807, 2.05) is 0 Å². The van der Waals surface area contributed by atoms with Gasteiger partial charge in [-0.05, 0) is 36.4 Å². The van der Waals surface area contributed by atoms with Crippen molar-refractivity contribution >= 4 is 63.8 Å². The smallest absolute Gasteiger partial charge is 0.112 e. The van der Waals surface area contributed by atoms with E-state index >= 15 is 0 Å². The largest absolute Gasteiger partial charge is 0.188 e. The van der Waals surface area contributed by atoms with Gasteiger partial charge in [-0.15, -0.1) is 0 Å². The number of nitrogens with zero attached hydrogens (tertiary/aromatic N) is 2. The predicted octanol–water partition coefficient (Wildman–Crippen LogP) is 6.44. The maximum atomic E-state index is 5.98. The second-order valence-corrected chi connectivity index (χ2v) is 5.21. The van der Waals surface area contributed by atoms with Gasteiger partial charge in [0, 0.05) is 10.0 Å². The van der Waals surface area contributed by atoms with Crippen LogP contribution < -0.4 is 0 Å². The van der Waals surface area contributed by atoms with Gasteiger partial charge < -0.3 is 0 Å². The van der Waals surface area contributed by atoms with E-state index in [0.717, 1.165) is 0 Å². The Bertz CT molecular complexity index is 636. The second kappa shape index (κ2) is 6.42. The minimum absolute atomic E-state index is 0.344. The van der Waals surface area contributed by atoms with Gasteiger partial charge in [0.2, 0.25) is 0 Å². The first-order valence-electron chi connectivity index (χ1n) is 5.13. The summed E-state index contributed by atoms with van der Waals surface area (Å²) in [5, 5.41) is 1.77. The number of halogens is 4. The first-order chi connectivity index (χ1) is 9.06. The van der Waals surface area contributed by atoms with E-state index in [-0.39, 0.29) is 0 Å². The molecule has 19 heavy (non-hydrogen) atoms.